The zero-order chi connectivity index (χ0) is 14.5. The molecular weight excluding hydrogens is 298 g/mol. The molecule has 110 valence electrons. The van der Waals surface area contributed by atoms with Gasteiger partial charge in [0.05, 0.1) is 5.25 Å². The molecule has 20 heavy (non-hydrogen) atoms. The van der Waals surface area contributed by atoms with Crippen LogP contribution in [0.1, 0.15) is 20.3 Å². The zero-order valence-corrected chi connectivity index (χ0v) is 13.0. The van der Waals surface area contributed by atoms with E-state index >= 15 is 0 Å². The van der Waals surface area contributed by atoms with Crippen molar-refractivity contribution in [2.75, 3.05) is 25.0 Å². The van der Waals surface area contributed by atoms with Gasteiger partial charge < -0.3 is 10.6 Å². The van der Waals surface area contributed by atoms with E-state index in [4.69, 9.17) is 0 Å². The first-order valence-corrected chi connectivity index (χ1v) is 8.14. The number of hydrogen-bond donors (Lipinski definition) is 2. The van der Waals surface area contributed by atoms with Crippen molar-refractivity contribution < 1.29 is 9.59 Å². The summed E-state index contributed by atoms with van der Waals surface area (Å²) < 4.78 is 0.726. The Hall–Kier alpha value is -1.35. The fourth-order valence-electron chi connectivity index (χ4n) is 1.66. The number of aromatic nitrogens is 2. The number of amides is 3. The van der Waals surface area contributed by atoms with Gasteiger partial charge in [0.25, 0.3) is 0 Å². The van der Waals surface area contributed by atoms with Crippen molar-refractivity contribution in [1.82, 2.24) is 20.4 Å². The normalized spacial score (nSPS) is 16.1. The lowest BCUT2D eigenvalue weighted by molar-refractivity contribution is -0.126. The number of nitrogens with one attached hydrogen (secondary N) is 2. The lowest BCUT2D eigenvalue weighted by atomic mass is 10.4. The molecule has 0 bridgehead atoms. The van der Waals surface area contributed by atoms with Gasteiger partial charge in [0.1, 0.15) is 0 Å². The second-order valence-corrected chi connectivity index (χ2v) is 6.85. The van der Waals surface area contributed by atoms with Crippen molar-refractivity contribution in [1.29, 1.82) is 0 Å². The van der Waals surface area contributed by atoms with E-state index in [1.165, 1.54) is 28.0 Å². The molecule has 2 heterocycles. The van der Waals surface area contributed by atoms with Gasteiger partial charge in [-0.3, -0.25) is 9.69 Å². The number of carbonyl (C=O) groups excluding carboxylic acids is 2. The molecule has 1 saturated heterocycles. The summed E-state index contributed by atoms with van der Waals surface area (Å²) in [6.07, 6.45) is 1.01. The van der Waals surface area contributed by atoms with Crippen molar-refractivity contribution in [3.05, 3.63) is 0 Å². The fraction of sp³-hybridized carbons (Fsp3) is 0.636. The summed E-state index contributed by atoms with van der Waals surface area (Å²) >= 11 is 2.75. The third-order valence-electron chi connectivity index (χ3n) is 2.68. The van der Waals surface area contributed by atoms with Crippen LogP contribution in [0.15, 0.2) is 4.34 Å². The van der Waals surface area contributed by atoms with E-state index in [1.807, 2.05) is 0 Å². The van der Waals surface area contributed by atoms with Crippen LogP contribution in [-0.2, 0) is 4.79 Å². The van der Waals surface area contributed by atoms with Gasteiger partial charge in [-0.1, -0.05) is 30.0 Å². The van der Waals surface area contributed by atoms with Crippen molar-refractivity contribution in [2.24, 2.45) is 0 Å². The minimum Gasteiger partial charge on any atom is -0.360 e. The summed E-state index contributed by atoms with van der Waals surface area (Å²) in [5.74, 6) is -0.191. The Balaban J connectivity index is 1.90. The van der Waals surface area contributed by atoms with Gasteiger partial charge in [-0.25, -0.2) is 4.79 Å². The first kappa shape index (κ1) is 15.0. The quantitative estimate of drug-likeness (QED) is 0.772. The highest BCUT2D eigenvalue weighted by Gasteiger charge is 2.30. The van der Waals surface area contributed by atoms with Crippen LogP contribution in [0, 0.1) is 0 Å². The summed E-state index contributed by atoms with van der Waals surface area (Å²) in [6.45, 7) is 5.65. The largest absolute Gasteiger partial charge is 0.360 e. The van der Waals surface area contributed by atoms with Crippen LogP contribution in [0.5, 0.6) is 0 Å². The number of carbonyl (C=O) groups is 2. The average molecular weight is 315 g/mol. The first-order chi connectivity index (χ1) is 9.61. The number of imide groups is 1. The fourth-order valence-corrected chi connectivity index (χ4v) is 3.65. The molecule has 0 aliphatic carbocycles. The Morgan fingerprint density at radius 1 is 1.60 bits per heavy atom. The van der Waals surface area contributed by atoms with Crippen molar-refractivity contribution in [2.45, 2.75) is 29.9 Å². The van der Waals surface area contributed by atoms with Gasteiger partial charge in [0.15, 0.2) is 4.34 Å². The Kier molecular flexibility index (Phi) is 5.18. The van der Waals surface area contributed by atoms with Crippen LogP contribution in [0.4, 0.5) is 9.93 Å². The molecule has 0 spiro atoms. The van der Waals surface area contributed by atoms with Gasteiger partial charge in [-0.2, -0.15) is 0 Å². The highest BCUT2D eigenvalue weighted by Crippen LogP contribution is 2.29. The summed E-state index contributed by atoms with van der Waals surface area (Å²) in [7, 11) is 0. The second kappa shape index (κ2) is 6.89. The summed E-state index contributed by atoms with van der Waals surface area (Å²) in [5, 5.41) is 14.2. The molecule has 1 aromatic heterocycles. The van der Waals surface area contributed by atoms with Crippen molar-refractivity contribution >= 4 is 40.2 Å². The average Bonchev–Trinajstić information content (AvgIpc) is 3.04. The standard InChI is InChI=1S/C11H17N5O2S2/c1-3-4-12-9-14-15-11(20-9)19-7(2)8(17)16-6-5-13-10(16)18/h7H,3-6H2,1-2H3,(H,12,14)(H,13,18)/t7-/m1/s1. The number of nitrogens with zero attached hydrogens (tertiary/aromatic N) is 3. The number of thioether (sulfide) groups is 1. The van der Waals surface area contributed by atoms with E-state index in [0.717, 1.165) is 22.4 Å². The summed E-state index contributed by atoms with van der Waals surface area (Å²) in [4.78, 5) is 24.8. The third-order valence-corrected chi connectivity index (χ3v) is 4.73. The van der Waals surface area contributed by atoms with Gasteiger partial charge in [-0.15, -0.1) is 10.2 Å². The minimum absolute atomic E-state index is 0.191. The highest BCUT2D eigenvalue weighted by atomic mass is 32.2. The molecule has 7 nitrogen and oxygen atoms in total. The Morgan fingerprint density at radius 2 is 2.40 bits per heavy atom. The smallest absolute Gasteiger partial charge is 0.324 e. The highest BCUT2D eigenvalue weighted by molar-refractivity contribution is 8.02. The van der Waals surface area contributed by atoms with Crippen LogP contribution in [0.2, 0.25) is 0 Å². The molecule has 0 unspecified atom stereocenters. The molecule has 0 aromatic carbocycles. The van der Waals surface area contributed by atoms with Gasteiger partial charge in [0, 0.05) is 19.6 Å². The predicted octanol–water partition coefficient (Wildman–Crippen LogP) is 1.39. The molecule has 2 rings (SSSR count). The molecule has 2 N–H and O–H groups in total. The maximum atomic E-state index is 12.1. The Labute approximate surface area is 125 Å². The molecule has 1 fully saturated rings. The zero-order valence-electron chi connectivity index (χ0n) is 11.4. The number of urea groups is 1. The maximum Gasteiger partial charge on any atom is 0.324 e. The van der Waals surface area contributed by atoms with E-state index in [2.05, 4.69) is 27.8 Å². The van der Waals surface area contributed by atoms with Gasteiger partial charge in [-0.05, 0) is 13.3 Å². The minimum atomic E-state index is -0.356. The van der Waals surface area contributed by atoms with Crippen LogP contribution in [0.25, 0.3) is 0 Å². The third kappa shape index (κ3) is 3.60. The lowest BCUT2D eigenvalue weighted by Gasteiger charge is -2.16. The van der Waals surface area contributed by atoms with Crippen LogP contribution in [0.3, 0.4) is 0 Å². The lowest BCUT2D eigenvalue weighted by Crippen LogP contribution is -2.38. The van der Waals surface area contributed by atoms with Crippen molar-refractivity contribution in [3.63, 3.8) is 0 Å². The summed E-state index contributed by atoms with van der Waals surface area (Å²) in [6, 6.07) is -0.315. The maximum absolute atomic E-state index is 12.1. The molecule has 9 heteroatoms. The SMILES string of the molecule is CCCNc1nnc(S[C@H](C)C(=O)N2CCNC2=O)s1. The Bertz CT molecular complexity index is 493. The molecule has 1 aliphatic heterocycles. The van der Waals surface area contributed by atoms with Crippen LogP contribution < -0.4 is 10.6 Å². The molecule has 1 aliphatic rings. The van der Waals surface area contributed by atoms with Gasteiger partial charge in [0.2, 0.25) is 11.0 Å². The molecule has 3 amide bonds. The molecule has 0 radical (unpaired) electrons. The van der Waals surface area contributed by atoms with E-state index in [9.17, 15) is 9.59 Å². The topological polar surface area (TPSA) is 87.2 Å². The molecular formula is C11H17N5O2S2. The predicted molar refractivity (Wildman–Crippen MR) is 79.1 cm³/mol. The van der Waals surface area contributed by atoms with E-state index in [1.54, 1.807) is 6.92 Å². The molecule has 1 aromatic rings. The summed E-state index contributed by atoms with van der Waals surface area (Å²) in [5.41, 5.74) is 0. The van der Waals surface area contributed by atoms with E-state index in [-0.39, 0.29) is 17.2 Å². The van der Waals surface area contributed by atoms with Crippen LogP contribution >= 0.6 is 23.1 Å². The molecule has 0 saturated carbocycles. The number of hydrogen-bond acceptors (Lipinski definition) is 7. The number of anilines is 1. The van der Waals surface area contributed by atoms with Gasteiger partial charge >= 0.3 is 6.03 Å². The molecule has 1 atom stereocenters. The van der Waals surface area contributed by atoms with Crippen LogP contribution in [-0.4, -0.2) is 51.9 Å². The van der Waals surface area contributed by atoms with Crippen molar-refractivity contribution in [3.8, 4) is 0 Å². The monoisotopic (exact) mass is 315 g/mol. The second-order valence-electron chi connectivity index (χ2n) is 4.28. The van der Waals surface area contributed by atoms with E-state index < -0.39 is 0 Å². The van der Waals surface area contributed by atoms with E-state index in [0.29, 0.717) is 13.1 Å². The first-order valence-electron chi connectivity index (χ1n) is 6.45. The number of rotatable bonds is 6. The Morgan fingerprint density at radius 3 is 3.05 bits per heavy atom.